The fourth-order valence-corrected chi connectivity index (χ4v) is 3.03. The highest BCUT2D eigenvalue weighted by Crippen LogP contribution is 2.26. The standard InChI is InChI=1S/C19H15FN6O2/c20-13-5-4-11(17-24-19(28-25-17)12-8-21-9-12)7-14(13)23-18(27)15-10-22-16-3-1-2-6-26(15)16/h1-7,10,12,21H,8-9H2,(H,23,27). The molecule has 28 heavy (non-hydrogen) atoms. The van der Waals surface area contributed by atoms with Gasteiger partial charge in [-0.25, -0.2) is 9.37 Å². The van der Waals surface area contributed by atoms with Gasteiger partial charge in [0.15, 0.2) is 0 Å². The Balaban J connectivity index is 1.43. The molecule has 3 aromatic heterocycles. The van der Waals surface area contributed by atoms with Crippen LogP contribution in [0.3, 0.4) is 0 Å². The number of halogens is 1. The second kappa shape index (κ2) is 6.54. The Morgan fingerprint density at radius 3 is 3.00 bits per heavy atom. The Morgan fingerprint density at radius 2 is 2.18 bits per heavy atom. The molecule has 8 nitrogen and oxygen atoms in total. The highest BCUT2D eigenvalue weighted by atomic mass is 19.1. The lowest BCUT2D eigenvalue weighted by atomic mass is 10.0. The molecule has 0 radical (unpaired) electrons. The highest BCUT2D eigenvalue weighted by molar-refractivity contribution is 6.03. The molecule has 9 heteroatoms. The van der Waals surface area contributed by atoms with Gasteiger partial charge in [0.05, 0.1) is 17.8 Å². The fraction of sp³-hybridized carbons (Fsp3) is 0.158. The van der Waals surface area contributed by atoms with Crippen LogP contribution in [-0.4, -0.2) is 38.5 Å². The molecule has 5 rings (SSSR count). The molecule has 1 aliphatic rings. The van der Waals surface area contributed by atoms with E-state index in [1.807, 2.05) is 6.07 Å². The average Bonchev–Trinajstić information content (AvgIpc) is 3.29. The smallest absolute Gasteiger partial charge is 0.274 e. The van der Waals surface area contributed by atoms with Crippen molar-refractivity contribution in [3.05, 3.63) is 66.2 Å². The summed E-state index contributed by atoms with van der Waals surface area (Å²) in [5, 5.41) is 9.70. The van der Waals surface area contributed by atoms with Gasteiger partial charge in [-0.05, 0) is 30.3 Å². The van der Waals surface area contributed by atoms with E-state index in [4.69, 9.17) is 4.52 Å². The lowest BCUT2D eigenvalue weighted by molar-refractivity contribution is 0.102. The van der Waals surface area contributed by atoms with E-state index in [0.717, 1.165) is 13.1 Å². The van der Waals surface area contributed by atoms with Crippen LogP contribution in [0.15, 0.2) is 53.3 Å². The van der Waals surface area contributed by atoms with Gasteiger partial charge in [0.2, 0.25) is 11.7 Å². The van der Waals surface area contributed by atoms with Gasteiger partial charge in [0.1, 0.15) is 17.2 Å². The lowest BCUT2D eigenvalue weighted by Gasteiger charge is -2.22. The van der Waals surface area contributed by atoms with Crippen LogP contribution in [0, 0.1) is 5.82 Å². The van der Waals surface area contributed by atoms with Gasteiger partial charge < -0.3 is 15.2 Å². The summed E-state index contributed by atoms with van der Waals surface area (Å²) in [4.78, 5) is 21.2. The molecule has 0 saturated carbocycles. The van der Waals surface area contributed by atoms with Gasteiger partial charge >= 0.3 is 0 Å². The normalized spacial score (nSPS) is 14.2. The van der Waals surface area contributed by atoms with E-state index in [1.165, 1.54) is 18.3 Å². The molecule has 1 amide bonds. The van der Waals surface area contributed by atoms with Gasteiger partial charge in [0.25, 0.3) is 5.91 Å². The third-order valence-corrected chi connectivity index (χ3v) is 4.69. The topological polar surface area (TPSA) is 97.3 Å². The molecule has 0 aliphatic carbocycles. The first-order chi connectivity index (χ1) is 13.7. The van der Waals surface area contributed by atoms with Crippen LogP contribution in [0.1, 0.15) is 22.3 Å². The number of carbonyl (C=O) groups excluding carboxylic acids is 1. The number of aromatic nitrogens is 4. The second-order valence-electron chi connectivity index (χ2n) is 6.53. The molecule has 1 saturated heterocycles. The van der Waals surface area contributed by atoms with E-state index in [9.17, 15) is 9.18 Å². The molecule has 0 unspecified atom stereocenters. The van der Waals surface area contributed by atoms with Crippen LogP contribution in [0.2, 0.25) is 0 Å². The van der Waals surface area contributed by atoms with Crippen LogP contribution in [0.25, 0.3) is 17.0 Å². The highest BCUT2D eigenvalue weighted by Gasteiger charge is 2.25. The summed E-state index contributed by atoms with van der Waals surface area (Å²) >= 11 is 0. The molecule has 0 bridgehead atoms. The fourth-order valence-electron chi connectivity index (χ4n) is 3.03. The number of nitrogens with one attached hydrogen (secondary N) is 2. The molecule has 0 atom stereocenters. The predicted molar refractivity (Wildman–Crippen MR) is 98.4 cm³/mol. The Bertz CT molecular complexity index is 1180. The number of carbonyl (C=O) groups is 1. The second-order valence-corrected chi connectivity index (χ2v) is 6.53. The van der Waals surface area contributed by atoms with E-state index >= 15 is 0 Å². The van der Waals surface area contributed by atoms with Crippen LogP contribution in [0.4, 0.5) is 10.1 Å². The van der Waals surface area contributed by atoms with Gasteiger partial charge in [-0.3, -0.25) is 9.20 Å². The van der Waals surface area contributed by atoms with Crippen LogP contribution >= 0.6 is 0 Å². The molecule has 140 valence electrons. The number of fused-ring (bicyclic) bond motifs is 1. The monoisotopic (exact) mass is 378 g/mol. The summed E-state index contributed by atoms with van der Waals surface area (Å²) in [6.07, 6.45) is 3.17. The number of hydrogen-bond acceptors (Lipinski definition) is 6. The minimum Gasteiger partial charge on any atom is -0.339 e. The van der Waals surface area contributed by atoms with Gasteiger partial charge in [-0.15, -0.1) is 0 Å². The van der Waals surface area contributed by atoms with E-state index < -0.39 is 11.7 Å². The summed E-state index contributed by atoms with van der Waals surface area (Å²) < 4.78 is 21.2. The predicted octanol–water partition coefficient (Wildman–Crippen LogP) is 2.46. The minimum absolute atomic E-state index is 0.0324. The number of nitrogens with zero attached hydrogens (tertiary/aromatic N) is 4. The molecule has 1 fully saturated rings. The van der Waals surface area contributed by atoms with E-state index in [0.29, 0.717) is 28.6 Å². The number of benzene rings is 1. The zero-order chi connectivity index (χ0) is 19.1. The summed E-state index contributed by atoms with van der Waals surface area (Å²) in [5.74, 6) is 0.0829. The Morgan fingerprint density at radius 1 is 1.29 bits per heavy atom. The number of imidazole rings is 1. The van der Waals surface area contributed by atoms with Crippen molar-refractivity contribution in [1.29, 1.82) is 0 Å². The van der Waals surface area contributed by atoms with Crippen molar-refractivity contribution >= 4 is 17.2 Å². The molecule has 4 heterocycles. The number of anilines is 1. The summed E-state index contributed by atoms with van der Waals surface area (Å²) in [5.41, 5.74) is 1.52. The van der Waals surface area contributed by atoms with E-state index in [1.54, 1.807) is 28.8 Å². The molecule has 4 aromatic rings. The molecule has 2 N–H and O–H groups in total. The number of amides is 1. The van der Waals surface area contributed by atoms with Crippen molar-refractivity contribution < 1.29 is 13.7 Å². The Kier molecular flexibility index (Phi) is 3.87. The quantitative estimate of drug-likeness (QED) is 0.566. The van der Waals surface area contributed by atoms with Gasteiger partial charge in [-0.2, -0.15) is 4.98 Å². The number of rotatable bonds is 4. The zero-order valence-corrected chi connectivity index (χ0v) is 14.6. The maximum atomic E-state index is 14.3. The largest absolute Gasteiger partial charge is 0.339 e. The number of hydrogen-bond donors (Lipinski definition) is 2. The van der Waals surface area contributed by atoms with Crippen molar-refractivity contribution in [2.24, 2.45) is 0 Å². The maximum Gasteiger partial charge on any atom is 0.274 e. The number of pyridine rings is 1. The first-order valence-corrected chi connectivity index (χ1v) is 8.77. The molecule has 0 spiro atoms. The van der Waals surface area contributed by atoms with E-state index in [-0.39, 0.29) is 11.6 Å². The zero-order valence-electron chi connectivity index (χ0n) is 14.6. The van der Waals surface area contributed by atoms with Gasteiger partial charge in [0, 0.05) is 24.8 Å². The third-order valence-electron chi connectivity index (χ3n) is 4.69. The van der Waals surface area contributed by atoms with Crippen molar-refractivity contribution in [3.8, 4) is 11.4 Å². The Hall–Kier alpha value is -3.59. The van der Waals surface area contributed by atoms with Crippen LogP contribution in [-0.2, 0) is 0 Å². The summed E-state index contributed by atoms with van der Waals surface area (Å²) in [6, 6.07) is 9.70. The van der Waals surface area contributed by atoms with Crippen molar-refractivity contribution in [2.75, 3.05) is 18.4 Å². The first-order valence-electron chi connectivity index (χ1n) is 8.77. The maximum absolute atomic E-state index is 14.3. The van der Waals surface area contributed by atoms with E-state index in [2.05, 4.69) is 25.8 Å². The molecule has 1 aliphatic heterocycles. The van der Waals surface area contributed by atoms with Crippen molar-refractivity contribution in [2.45, 2.75) is 5.92 Å². The van der Waals surface area contributed by atoms with Crippen molar-refractivity contribution in [3.63, 3.8) is 0 Å². The summed E-state index contributed by atoms with van der Waals surface area (Å²) in [7, 11) is 0. The third kappa shape index (κ3) is 2.81. The lowest BCUT2D eigenvalue weighted by Crippen LogP contribution is -2.40. The molecule has 1 aromatic carbocycles. The van der Waals surface area contributed by atoms with Crippen LogP contribution < -0.4 is 10.6 Å². The molecular formula is C19H15FN6O2. The Labute approximate surface area is 158 Å². The van der Waals surface area contributed by atoms with Crippen molar-refractivity contribution in [1.82, 2.24) is 24.8 Å². The van der Waals surface area contributed by atoms with Crippen LogP contribution in [0.5, 0.6) is 0 Å². The first kappa shape index (κ1) is 16.6. The van der Waals surface area contributed by atoms with Gasteiger partial charge in [-0.1, -0.05) is 11.2 Å². The minimum atomic E-state index is -0.558. The average molecular weight is 378 g/mol. The molecular weight excluding hydrogens is 363 g/mol. The summed E-state index contributed by atoms with van der Waals surface area (Å²) in [6.45, 7) is 1.59. The SMILES string of the molecule is O=C(Nc1cc(-c2noc(C3CNC3)n2)ccc1F)c1cnc2ccccn12.